The van der Waals surface area contributed by atoms with Crippen LogP contribution in [0.5, 0.6) is 5.75 Å². The van der Waals surface area contributed by atoms with Gasteiger partial charge in [-0.1, -0.05) is 15.9 Å². The van der Waals surface area contributed by atoms with Gasteiger partial charge in [0.05, 0.1) is 5.92 Å². The predicted molar refractivity (Wildman–Crippen MR) is 93.9 cm³/mol. The lowest BCUT2D eigenvalue weighted by Gasteiger charge is -2.17. The van der Waals surface area contributed by atoms with Gasteiger partial charge >= 0.3 is 0 Å². The van der Waals surface area contributed by atoms with Crippen molar-refractivity contribution in [3.05, 3.63) is 46.6 Å². The second kappa shape index (κ2) is 6.60. The van der Waals surface area contributed by atoms with Crippen molar-refractivity contribution in [2.75, 3.05) is 16.8 Å². The fourth-order valence-corrected chi connectivity index (χ4v) is 2.89. The molecule has 3 rings (SSSR count). The van der Waals surface area contributed by atoms with Crippen LogP contribution in [0.1, 0.15) is 12.0 Å². The van der Waals surface area contributed by atoms with Crippen molar-refractivity contribution >= 4 is 39.2 Å². The lowest BCUT2D eigenvalue weighted by Crippen LogP contribution is -2.28. The third kappa shape index (κ3) is 3.26. The largest absolute Gasteiger partial charge is 0.504 e. The highest BCUT2D eigenvalue weighted by atomic mass is 79.9. The number of aromatic nitrogens is 1. The Hall–Kier alpha value is -2.41. The summed E-state index contributed by atoms with van der Waals surface area (Å²) in [5, 5.41) is 12.3. The number of aryl methyl sites for hydroxylation is 1. The Bertz CT molecular complexity index is 809. The number of amides is 2. The molecule has 1 aliphatic rings. The molecule has 124 valence electrons. The van der Waals surface area contributed by atoms with Crippen molar-refractivity contribution in [3.63, 3.8) is 0 Å². The molecule has 2 amide bonds. The van der Waals surface area contributed by atoms with Crippen molar-refractivity contribution in [1.29, 1.82) is 0 Å². The topological polar surface area (TPSA) is 82.5 Å². The quantitative estimate of drug-likeness (QED) is 0.845. The summed E-state index contributed by atoms with van der Waals surface area (Å²) >= 11 is 3.43. The number of halogens is 1. The highest BCUT2D eigenvalue weighted by Gasteiger charge is 2.35. The smallest absolute Gasteiger partial charge is 0.231 e. The summed E-state index contributed by atoms with van der Waals surface area (Å²) in [5.41, 5.74) is 1.79. The zero-order valence-electron chi connectivity index (χ0n) is 13.0. The molecular formula is C17H16BrN3O3. The number of nitrogens with one attached hydrogen (secondary N) is 1. The van der Waals surface area contributed by atoms with Gasteiger partial charge in [0.15, 0.2) is 11.6 Å². The number of benzene rings is 1. The van der Waals surface area contributed by atoms with E-state index in [9.17, 15) is 14.7 Å². The maximum atomic E-state index is 12.4. The molecule has 1 aromatic heterocycles. The van der Waals surface area contributed by atoms with Crippen LogP contribution in [0.15, 0.2) is 41.0 Å². The number of aromatic hydroxyl groups is 1. The van der Waals surface area contributed by atoms with Crippen molar-refractivity contribution in [2.24, 2.45) is 5.92 Å². The molecule has 0 unspecified atom stereocenters. The van der Waals surface area contributed by atoms with E-state index in [0.29, 0.717) is 6.54 Å². The average molecular weight is 390 g/mol. The highest BCUT2D eigenvalue weighted by Crippen LogP contribution is 2.29. The summed E-state index contributed by atoms with van der Waals surface area (Å²) < 4.78 is 0.970. The van der Waals surface area contributed by atoms with E-state index in [1.54, 1.807) is 11.0 Å². The Morgan fingerprint density at radius 2 is 2.21 bits per heavy atom. The van der Waals surface area contributed by atoms with Crippen LogP contribution in [-0.4, -0.2) is 28.4 Å². The van der Waals surface area contributed by atoms with Crippen molar-refractivity contribution < 1.29 is 14.7 Å². The first-order valence-corrected chi connectivity index (χ1v) is 8.26. The molecule has 0 bridgehead atoms. The van der Waals surface area contributed by atoms with Gasteiger partial charge in [0, 0.05) is 29.3 Å². The van der Waals surface area contributed by atoms with E-state index in [-0.39, 0.29) is 29.8 Å². The maximum Gasteiger partial charge on any atom is 0.231 e. The fraction of sp³-hybridized carbons (Fsp3) is 0.235. The van der Waals surface area contributed by atoms with Gasteiger partial charge in [-0.25, -0.2) is 4.98 Å². The minimum Gasteiger partial charge on any atom is -0.504 e. The molecule has 2 N–H and O–H groups in total. The van der Waals surface area contributed by atoms with Crippen LogP contribution in [0.3, 0.4) is 0 Å². The molecule has 0 spiro atoms. The molecule has 0 radical (unpaired) electrons. The third-order valence-corrected chi connectivity index (χ3v) is 4.87. The van der Waals surface area contributed by atoms with Crippen LogP contribution in [-0.2, 0) is 9.59 Å². The Morgan fingerprint density at radius 1 is 1.42 bits per heavy atom. The molecule has 1 fully saturated rings. The van der Waals surface area contributed by atoms with E-state index in [1.165, 1.54) is 12.3 Å². The van der Waals surface area contributed by atoms with Gasteiger partial charge in [-0.05, 0) is 42.8 Å². The minimum absolute atomic E-state index is 0.0953. The zero-order chi connectivity index (χ0) is 17.3. The number of carbonyl (C=O) groups is 2. The molecule has 2 heterocycles. The summed E-state index contributed by atoms with van der Waals surface area (Å²) in [6, 6.07) is 8.66. The van der Waals surface area contributed by atoms with Gasteiger partial charge in [-0.15, -0.1) is 0 Å². The third-order valence-electron chi connectivity index (χ3n) is 3.98. The maximum absolute atomic E-state index is 12.4. The summed E-state index contributed by atoms with van der Waals surface area (Å²) in [5.74, 6) is -0.901. The van der Waals surface area contributed by atoms with Gasteiger partial charge < -0.3 is 15.3 Å². The molecule has 1 aliphatic heterocycles. The number of hydrogen-bond donors (Lipinski definition) is 2. The normalized spacial score (nSPS) is 17.2. The Balaban J connectivity index is 1.73. The first-order chi connectivity index (χ1) is 11.5. The Morgan fingerprint density at radius 3 is 2.92 bits per heavy atom. The number of carbonyl (C=O) groups excluding carboxylic acids is 2. The molecular weight excluding hydrogens is 374 g/mol. The molecule has 24 heavy (non-hydrogen) atoms. The van der Waals surface area contributed by atoms with Gasteiger partial charge in [-0.2, -0.15) is 0 Å². The van der Waals surface area contributed by atoms with Crippen LogP contribution in [0.25, 0.3) is 0 Å². The molecule has 0 saturated carbocycles. The Kier molecular flexibility index (Phi) is 4.53. The van der Waals surface area contributed by atoms with Gasteiger partial charge in [0.2, 0.25) is 11.8 Å². The summed E-state index contributed by atoms with van der Waals surface area (Å²) in [7, 11) is 0. The molecule has 7 heteroatoms. The van der Waals surface area contributed by atoms with Crippen LogP contribution in [0, 0.1) is 12.8 Å². The van der Waals surface area contributed by atoms with Crippen molar-refractivity contribution in [3.8, 4) is 5.75 Å². The predicted octanol–water partition coefficient (Wildman–Crippen LogP) is 2.85. The number of pyridine rings is 1. The van der Waals surface area contributed by atoms with Crippen LogP contribution in [0.4, 0.5) is 11.5 Å². The second-order valence-corrected chi connectivity index (χ2v) is 6.55. The van der Waals surface area contributed by atoms with Crippen molar-refractivity contribution in [2.45, 2.75) is 13.3 Å². The number of rotatable bonds is 3. The molecule has 0 aliphatic carbocycles. The monoisotopic (exact) mass is 389 g/mol. The molecule has 1 aromatic carbocycles. The zero-order valence-corrected chi connectivity index (χ0v) is 14.6. The van der Waals surface area contributed by atoms with E-state index in [1.807, 2.05) is 25.1 Å². The van der Waals surface area contributed by atoms with E-state index >= 15 is 0 Å². The van der Waals surface area contributed by atoms with E-state index in [2.05, 4.69) is 26.2 Å². The summed E-state index contributed by atoms with van der Waals surface area (Å²) in [6.45, 7) is 2.25. The number of hydrogen-bond acceptors (Lipinski definition) is 4. The van der Waals surface area contributed by atoms with Crippen molar-refractivity contribution in [1.82, 2.24) is 4.98 Å². The standard InChI is InChI=1S/C17H16BrN3O3/c1-10-7-12(4-5-13(10)18)21-9-11(8-15(21)23)17(24)20-16-14(22)3-2-6-19-16/h2-7,11,22H,8-9H2,1H3,(H,19,20,24)/t11-/m0/s1. The van der Waals surface area contributed by atoms with Gasteiger partial charge in [-0.3, -0.25) is 9.59 Å². The van der Waals surface area contributed by atoms with Crippen LogP contribution in [0.2, 0.25) is 0 Å². The Labute approximate surface area is 147 Å². The number of nitrogens with zero attached hydrogens (tertiary/aromatic N) is 2. The SMILES string of the molecule is Cc1cc(N2C[C@@H](C(=O)Nc3ncccc3O)CC2=O)ccc1Br. The molecule has 1 atom stereocenters. The molecule has 2 aromatic rings. The fourth-order valence-electron chi connectivity index (χ4n) is 2.64. The van der Waals surface area contributed by atoms with Gasteiger partial charge in [0.1, 0.15) is 0 Å². The van der Waals surface area contributed by atoms with Crippen LogP contribution >= 0.6 is 15.9 Å². The average Bonchev–Trinajstić information content (AvgIpc) is 2.94. The summed E-state index contributed by atoms with van der Waals surface area (Å²) in [4.78, 5) is 30.2. The lowest BCUT2D eigenvalue weighted by molar-refractivity contribution is -0.122. The lowest BCUT2D eigenvalue weighted by atomic mass is 10.1. The first kappa shape index (κ1) is 16.4. The van der Waals surface area contributed by atoms with E-state index in [4.69, 9.17) is 0 Å². The first-order valence-electron chi connectivity index (χ1n) is 7.47. The number of anilines is 2. The minimum atomic E-state index is -0.483. The molecule has 6 nitrogen and oxygen atoms in total. The summed E-state index contributed by atoms with van der Waals surface area (Å²) in [6.07, 6.45) is 1.61. The highest BCUT2D eigenvalue weighted by molar-refractivity contribution is 9.10. The van der Waals surface area contributed by atoms with Crippen LogP contribution < -0.4 is 10.2 Å². The van der Waals surface area contributed by atoms with Gasteiger partial charge in [0.25, 0.3) is 0 Å². The second-order valence-electron chi connectivity index (χ2n) is 5.70. The molecule has 1 saturated heterocycles. The van der Waals surface area contributed by atoms with E-state index < -0.39 is 5.92 Å². The van der Waals surface area contributed by atoms with E-state index in [0.717, 1.165) is 15.7 Å².